The van der Waals surface area contributed by atoms with Crippen molar-refractivity contribution in [3.8, 4) is 11.3 Å². The van der Waals surface area contributed by atoms with Gasteiger partial charge in [-0.2, -0.15) is 0 Å². The van der Waals surface area contributed by atoms with Crippen molar-refractivity contribution in [3.63, 3.8) is 0 Å². The van der Waals surface area contributed by atoms with Gasteiger partial charge < -0.3 is 9.80 Å². The summed E-state index contributed by atoms with van der Waals surface area (Å²) in [5.74, 6) is 1.41. The number of hydrogen-bond donors (Lipinski definition) is 2. The summed E-state index contributed by atoms with van der Waals surface area (Å²) in [6.45, 7) is 7.06. The molecule has 2 N–H and O–H groups in total. The number of nitrogens with one attached hydrogen (secondary N) is 2. The Bertz CT molecular complexity index is 1860. The van der Waals surface area contributed by atoms with Gasteiger partial charge in [-0.15, -0.1) is 0 Å². The predicted octanol–water partition coefficient (Wildman–Crippen LogP) is 7.76. The molecule has 50 heavy (non-hydrogen) atoms. The predicted molar refractivity (Wildman–Crippen MR) is 204 cm³/mol. The highest BCUT2D eigenvalue weighted by Crippen LogP contribution is 2.55. The van der Waals surface area contributed by atoms with Gasteiger partial charge in [0.25, 0.3) is 5.56 Å². The Morgan fingerprint density at radius 1 is 0.960 bits per heavy atom. The van der Waals surface area contributed by atoms with Crippen molar-refractivity contribution in [3.05, 3.63) is 88.1 Å². The molecule has 10 heteroatoms. The Morgan fingerprint density at radius 2 is 1.74 bits per heavy atom. The average molecular weight is 691 g/mol. The summed E-state index contributed by atoms with van der Waals surface area (Å²) in [7, 11) is 2.16. The van der Waals surface area contributed by atoms with Crippen molar-refractivity contribution >= 4 is 29.4 Å². The van der Waals surface area contributed by atoms with Crippen LogP contribution in [0.1, 0.15) is 81.0 Å². The average Bonchev–Trinajstić information content (AvgIpc) is 3.76. The van der Waals surface area contributed by atoms with E-state index in [0.29, 0.717) is 35.7 Å². The zero-order valence-electron chi connectivity index (χ0n) is 29.7. The molecule has 262 valence electrons. The van der Waals surface area contributed by atoms with Gasteiger partial charge in [0.1, 0.15) is 5.82 Å². The molecular formula is C40H50N8OS. The number of hydrogen-bond acceptors (Lipinski definition) is 9. The third-order valence-electron chi connectivity index (χ3n) is 12.0. The van der Waals surface area contributed by atoms with E-state index >= 15 is 0 Å². The number of rotatable bonds is 11. The Kier molecular flexibility index (Phi) is 9.33. The number of anilines is 3. The summed E-state index contributed by atoms with van der Waals surface area (Å²) in [6, 6.07) is 18.1. The molecule has 0 bridgehead atoms. The molecule has 1 unspecified atom stereocenters. The van der Waals surface area contributed by atoms with Crippen molar-refractivity contribution in [1.82, 2.24) is 24.8 Å². The summed E-state index contributed by atoms with van der Waals surface area (Å²) in [6.07, 6.45) is 17.3. The second-order valence-electron chi connectivity index (χ2n) is 15.3. The second kappa shape index (κ2) is 14.0. The first kappa shape index (κ1) is 33.3. The maximum Gasteiger partial charge on any atom is 0.252 e. The fourth-order valence-electron chi connectivity index (χ4n) is 8.98. The normalized spacial score (nSPS) is 20.5. The maximum absolute atomic E-state index is 12.7. The topological polar surface area (TPSA) is 93.3 Å². The van der Waals surface area contributed by atoms with Crippen LogP contribution in [-0.2, 0) is 6.54 Å². The molecule has 1 saturated heterocycles. The van der Waals surface area contributed by atoms with Gasteiger partial charge in [-0.3, -0.25) is 24.4 Å². The quantitative estimate of drug-likeness (QED) is 0.153. The molecule has 0 amide bonds. The first-order chi connectivity index (χ1) is 24.3. The first-order valence-electron chi connectivity index (χ1n) is 18.6. The van der Waals surface area contributed by atoms with Crippen LogP contribution < -0.4 is 20.1 Å². The molecule has 2 aromatic heterocycles. The lowest BCUT2D eigenvalue weighted by atomic mass is 9.64. The van der Waals surface area contributed by atoms with Crippen LogP contribution in [0.25, 0.3) is 11.3 Å². The van der Waals surface area contributed by atoms with E-state index in [1.807, 2.05) is 18.5 Å². The molecule has 4 aliphatic rings. The Hall–Kier alpha value is -3.89. The number of aromatic amines is 1. The lowest BCUT2D eigenvalue weighted by molar-refractivity contribution is 0.0165. The Labute approximate surface area is 300 Å². The molecule has 4 fully saturated rings. The zero-order chi connectivity index (χ0) is 34.2. The van der Waals surface area contributed by atoms with Gasteiger partial charge in [0.05, 0.1) is 30.3 Å². The lowest BCUT2D eigenvalue weighted by Crippen LogP contribution is -2.50. The maximum atomic E-state index is 12.7. The van der Waals surface area contributed by atoms with E-state index in [1.165, 1.54) is 75.4 Å². The summed E-state index contributed by atoms with van der Waals surface area (Å²) < 4.78 is 3.33. The minimum atomic E-state index is -0.178. The van der Waals surface area contributed by atoms with Gasteiger partial charge in [0.15, 0.2) is 0 Å². The highest BCUT2D eigenvalue weighted by molar-refractivity contribution is 8.00. The van der Waals surface area contributed by atoms with Crippen LogP contribution in [0.5, 0.6) is 0 Å². The summed E-state index contributed by atoms with van der Waals surface area (Å²) in [5, 5.41) is 0. The molecule has 2 aromatic carbocycles. The van der Waals surface area contributed by atoms with E-state index in [2.05, 4.69) is 86.7 Å². The minimum Gasteiger partial charge on any atom is -0.361 e. The number of aryl methyl sites for hydroxylation is 2. The van der Waals surface area contributed by atoms with Crippen molar-refractivity contribution < 1.29 is 0 Å². The van der Waals surface area contributed by atoms with E-state index in [-0.39, 0.29) is 5.56 Å². The molecule has 1 aliphatic heterocycles. The van der Waals surface area contributed by atoms with Crippen molar-refractivity contribution in [1.29, 1.82) is 0 Å². The van der Waals surface area contributed by atoms with E-state index < -0.39 is 0 Å². The van der Waals surface area contributed by atoms with Gasteiger partial charge in [0.2, 0.25) is 5.95 Å². The summed E-state index contributed by atoms with van der Waals surface area (Å²) in [4.78, 5) is 38.9. The molecular weight excluding hydrogens is 641 g/mol. The lowest BCUT2D eigenvalue weighted by Gasteiger charge is -2.49. The van der Waals surface area contributed by atoms with Gasteiger partial charge in [-0.1, -0.05) is 37.1 Å². The van der Waals surface area contributed by atoms with Crippen LogP contribution >= 0.6 is 11.9 Å². The van der Waals surface area contributed by atoms with Gasteiger partial charge in [0, 0.05) is 60.5 Å². The fourth-order valence-corrected chi connectivity index (χ4v) is 9.62. The molecule has 4 aromatic rings. The van der Waals surface area contributed by atoms with Crippen molar-refractivity contribution in [2.45, 2.75) is 108 Å². The van der Waals surface area contributed by atoms with Gasteiger partial charge >= 0.3 is 0 Å². The number of H-pyrrole nitrogens is 1. The number of aromatic nitrogens is 4. The molecule has 0 radical (unpaired) electrons. The Balaban J connectivity index is 1.02. The fraction of sp³-hybridized carbons (Fsp3) is 0.500. The van der Waals surface area contributed by atoms with Crippen LogP contribution in [0.15, 0.2) is 70.6 Å². The highest BCUT2D eigenvalue weighted by atomic mass is 32.2. The molecule has 3 heterocycles. The smallest absolute Gasteiger partial charge is 0.252 e. The van der Waals surface area contributed by atoms with Gasteiger partial charge in [-0.25, -0.2) is 9.97 Å². The van der Waals surface area contributed by atoms with Crippen LogP contribution in [0, 0.1) is 19.3 Å². The third kappa shape index (κ3) is 6.89. The largest absolute Gasteiger partial charge is 0.361 e. The highest BCUT2D eigenvalue weighted by Gasteiger charge is 2.49. The summed E-state index contributed by atoms with van der Waals surface area (Å²) >= 11 is 1.47. The van der Waals surface area contributed by atoms with Crippen LogP contribution in [0.4, 0.5) is 17.5 Å². The van der Waals surface area contributed by atoms with E-state index in [4.69, 9.17) is 9.97 Å². The molecule has 1 atom stereocenters. The third-order valence-corrected chi connectivity index (χ3v) is 12.8. The molecule has 1 spiro atoms. The van der Waals surface area contributed by atoms with E-state index in [1.54, 1.807) is 6.07 Å². The minimum absolute atomic E-state index is 0.178. The van der Waals surface area contributed by atoms with E-state index in [0.717, 1.165) is 58.6 Å². The zero-order valence-corrected chi connectivity index (χ0v) is 30.5. The van der Waals surface area contributed by atoms with Crippen molar-refractivity contribution in [2.24, 2.45) is 5.41 Å². The van der Waals surface area contributed by atoms with Crippen LogP contribution in [0.3, 0.4) is 0 Å². The van der Waals surface area contributed by atoms with Crippen LogP contribution in [-0.4, -0.2) is 63.1 Å². The molecule has 9 nitrogen and oxygen atoms in total. The Morgan fingerprint density at radius 3 is 2.50 bits per heavy atom. The monoisotopic (exact) mass is 690 g/mol. The van der Waals surface area contributed by atoms with Gasteiger partial charge in [-0.05, 0) is 112 Å². The molecule has 3 saturated carbocycles. The van der Waals surface area contributed by atoms with E-state index in [9.17, 15) is 4.79 Å². The van der Waals surface area contributed by atoms with Crippen molar-refractivity contribution in [2.75, 3.05) is 34.7 Å². The first-order valence-corrected chi connectivity index (χ1v) is 19.4. The number of benzene rings is 2. The molecule has 8 rings (SSSR count). The van der Waals surface area contributed by atoms with Crippen LogP contribution in [0.2, 0.25) is 0 Å². The summed E-state index contributed by atoms with van der Waals surface area (Å²) in [5.41, 5.74) is 6.53. The SMILES string of the molecule is Cc1cccc(C)c1-c1cc(=O)[nH]c(NSc2cccc(N(Cc3cncc(N(C)C4CCC4)n3)C3CCN(C4CC5(CCCC5)C4)C3)c2)n1. The number of likely N-dealkylation sites (tertiary alicyclic amines) is 1. The number of nitrogens with zero attached hydrogens (tertiary/aromatic N) is 6. The standard InChI is InChI=1S/C40H50N8OS/c1-27-9-6-10-28(2)38(27)35-20-37(49)44-39(43-35)45-50-34-14-8-13-31(19-34)48(25-29-23-41-24-36(42-29)46(3)30-11-7-12-30)32-15-18-47(26-32)33-21-40(22-33)16-4-5-17-40/h6,8-10,13-14,19-20,23-24,30,32-33H,4-5,7,11-12,15-18,21-22,25-26H2,1-3H3,(H2,43,44,45,49). The molecule has 3 aliphatic carbocycles. The second-order valence-corrected chi connectivity index (χ2v) is 16.2.